The van der Waals surface area contributed by atoms with Crippen molar-refractivity contribution in [1.29, 1.82) is 0 Å². The van der Waals surface area contributed by atoms with E-state index >= 15 is 0 Å². The summed E-state index contributed by atoms with van der Waals surface area (Å²) in [7, 11) is 3.45. The standard InChI is InChI=1S/C22H23NO3S/c1-24-17-7-8-19-22(13-17)27-21(18-5-3-4-6-20(18)25-2)9-11-23(19)14-16-10-12-26-15-16/h3-8,10,12-13,15,21H,9,11,14H2,1-2H3. The fraction of sp³-hybridized carbons (Fsp3) is 0.273. The minimum absolute atomic E-state index is 0.321. The van der Waals surface area contributed by atoms with Crippen molar-refractivity contribution in [2.45, 2.75) is 23.1 Å². The van der Waals surface area contributed by atoms with Crippen LogP contribution in [0.4, 0.5) is 5.69 Å². The number of ether oxygens (including phenoxy) is 2. The van der Waals surface area contributed by atoms with Gasteiger partial charge in [0.05, 0.1) is 32.4 Å². The molecule has 3 aromatic rings. The lowest BCUT2D eigenvalue weighted by atomic mass is 10.1. The molecule has 0 N–H and O–H groups in total. The lowest BCUT2D eigenvalue weighted by Gasteiger charge is -2.24. The molecule has 0 saturated heterocycles. The fourth-order valence-corrected chi connectivity index (χ4v) is 4.85. The Hall–Kier alpha value is -2.53. The van der Waals surface area contributed by atoms with Crippen LogP contribution in [0.5, 0.6) is 11.5 Å². The van der Waals surface area contributed by atoms with Crippen LogP contribution < -0.4 is 14.4 Å². The van der Waals surface area contributed by atoms with Gasteiger partial charge in [-0.1, -0.05) is 18.2 Å². The molecule has 4 nitrogen and oxygen atoms in total. The van der Waals surface area contributed by atoms with Crippen LogP contribution in [0.25, 0.3) is 0 Å². The van der Waals surface area contributed by atoms with Gasteiger partial charge in [0.25, 0.3) is 0 Å². The number of rotatable bonds is 5. The van der Waals surface area contributed by atoms with Crippen molar-refractivity contribution in [3.05, 3.63) is 72.2 Å². The van der Waals surface area contributed by atoms with Crippen molar-refractivity contribution in [2.75, 3.05) is 25.7 Å². The molecule has 0 amide bonds. The minimum Gasteiger partial charge on any atom is -0.497 e. The van der Waals surface area contributed by atoms with Gasteiger partial charge >= 0.3 is 0 Å². The van der Waals surface area contributed by atoms with Crippen molar-refractivity contribution in [1.82, 2.24) is 0 Å². The van der Waals surface area contributed by atoms with Gasteiger partial charge in [0.1, 0.15) is 11.5 Å². The molecule has 0 bridgehead atoms. The normalized spacial score (nSPS) is 16.5. The van der Waals surface area contributed by atoms with Crippen LogP contribution in [0.2, 0.25) is 0 Å². The maximum Gasteiger partial charge on any atom is 0.123 e. The molecule has 140 valence electrons. The van der Waals surface area contributed by atoms with Gasteiger partial charge in [-0.05, 0) is 36.8 Å². The number of thioether (sulfide) groups is 1. The van der Waals surface area contributed by atoms with Crippen LogP contribution in [-0.2, 0) is 6.54 Å². The Labute approximate surface area is 164 Å². The highest BCUT2D eigenvalue weighted by atomic mass is 32.2. The highest BCUT2D eigenvalue weighted by Crippen LogP contribution is 2.48. The van der Waals surface area contributed by atoms with E-state index in [0.29, 0.717) is 5.25 Å². The van der Waals surface area contributed by atoms with Gasteiger partial charge < -0.3 is 18.8 Å². The average Bonchev–Trinajstić information content (AvgIpc) is 3.16. The van der Waals surface area contributed by atoms with Crippen molar-refractivity contribution >= 4 is 17.4 Å². The molecule has 1 atom stereocenters. The zero-order valence-corrected chi connectivity index (χ0v) is 16.4. The second-order valence-corrected chi connectivity index (χ2v) is 7.77. The summed E-state index contributed by atoms with van der Waals surface area (Å²) in [5.74, 6) is 1.83. The Bertz CT molecular complexity index is 894. The van der Waals surface area contributed by atoms with E-state index in [1.807, 2.05) is 42.3 Å². The third-order valence-corrected chi connectivity index (χ3v) is 6.23. The number of hydrogen-bond donors (Lipinski definition) is 0. The van der Waals surface area contributed by atoms with Gasteiger partial charge in [0.2, 0.25) is 0 Å². The highest BCUT2D eigenvalue weighted by molar-refractivity contribution is 7.99. The number of furan rings is 1. The number of anilines is 1. The number of hydrogen-bond acceptors (Lipinski definition) is 5. The van der Waals surface area contributed by atoms with E-state index in [1.54, 1.807) is 20.5 Å². The van der Waals surface area contributed by atoms with Crippen molar-refractivity contribution in [3.8, 4) is 11.5 Å². The Morgan fingerprint density at radius 3 is 2.78 bits per heavy atom. The van der Waals surface area contributed by atoms with Crippen molar-refractivity contribution in [2.24, 2.45) is 0 Å². The van der Waals surface area contributed by atoms with Crippen LogP contribution >= 0.6 is 11.8 Å². The van der Waals surface area contributed by atoms with E-state index in [-0.39, 0.29) is 0 Å². The summed E-state index contributed by atoms with van der Waals surface area (Å²) in [4.78, 5) is 3.65. The Kier molecular flexibility index (Phi) is 5.30. The predicted octanol–water partition coefficient (Wildman–Crippen LogP) is 5.54. The molecular formula is C22H23NO3S. The molecule has 0 aliphatic carbocycles. The van der Waals surface area contributed by atoms with Crippen LogP contribution in [0.3, 0.4) is 0 Å². The Morgan fingerprint density at radius 1 is 1.11 bits per heavy atom. The molecule has 0 saturated carbocycles. The molecule has 1 aromatic heterocycles. The first-order chi connectivity index (χ1) is 13.3. The first-order valence-corrected chi connectivity index (χ1v) is 9.90. The quantitative estimate of drug-likeness (QED) is 0.580. The van der Waals surface area contributed by atoms with Crippen LogP contribution in [-0.4, -0.2) is 20.8 Å². The summed E-state index contributed by atoms with van der Waals surface area (Å²) < 4.78 is 16.4. The monoisotopic (exact) mass is 381 g/mol. The van der Waals surface area contributed by atoms with E-state index in [9.17, 15) is 0 Å². The minimum atomic E-state index is 0.321. The molecule has 1 aliphatic rings. The smallest absolute Gasteiger partial charge is 0.123 e. The largest absolute Gasteiger partial charge is 0.497 e. The summed E-state index contributed by atoms with van der Waals surface area (Å²) in [6.07, 6.45) is 4.58. The number of fused-ring (bicyclic) bond motifs is 1. The summed E-state index contributed by atoms with van der Waals surface area (Å²) in [5.41, 5.74) is 3.65. The molecule has 1 aliphatic heterocycles. The number of para-hydroxylation sites is 1. The molecule has 5 heteroatoms. The van der Waals surface area contributed by atoms with Gasteiger partial charge in [-0.15, -0.1) is 11.8 Å². The number of methoxy groups -OCH3 is 2. The van der Waals surface area contributed by atoms with Crippen LogP contribution in [0.1, 0.15) is 22.8 Å². The zero-order valence-electron chi connectivity index (χ0n) is 15.6. The van der Waals surface area contributed by atoms with E-state index in [0.717, 1.165) is 31.0 Å². The van der Waals surface area contributed by atoms with Crippen molar-refractivity contribution in [3.63, 3.8) is 0 Å². The lowest BCUT2D eigenvalue weighted by Crippen LogP contribution is -2.23. The van der Waals surface area contributed by atoms with Gasteiger partial charge in [0.15, 0.2) is 0 Å². The Balaban J connectivity index is 1.70. The maximum atomic E-state index is 5.62. The lowest BCUT2D eigenvalue weighted by molar-refractivity contribution is 0.409. The highest BCUT2D eigenvalue weighted by Gasteiger charge is 2.26. The number of benzene rings is 2. The van der Waals surface area contributed by atoms with Crippen LogP contribution in [0, 0.1) is 0 Å². The van der Waals surface area contributed by atoms with E-state index in [4.69, 9.17) is 13.9 Å². The first-order valence-electron chi connectivity index (χ1n) is 9.02. The van der Waals surface area contributed by atoms with E-state index in [1.165, 1.54) is 21.7 Å². The molecule has 2 aromatic carbocycles. The molecule has 0 spiro atoms. The molecule has 1 unspecified atom stereocenters. The summed E-state index contributed by atoms with van der Waals surface area (Å²) in [6, 6.07) is 16.7. The molecule has 0 radical (unpaired) electrons. The predicted molar refractivity (Wildman–Crippen MR) is 109 cm³/mol. The third-order valence-electron chi connectivity index (χ3n) is 4.88. The Morgan fingerprint density at radius 2 is 2.00 bits per heavy atom. The topological polar surface area (TPSA) is 34.8 Å². The van der Waals surface area contributed by atoms with Gasteiger partial charge in [-0.3, -0.25) is 0 Å². The second-order valence-electron chi connectivity index (χ2n) is 6.52. The fourth-order valence-electron chi connectivity index (χ4n) is 3.50. The third kappa shape index (κ3) is 3.78. The molecule has 2 heterocycles. The first kappa shape index (κ1) is 17.9. The SMILES string of the molecule is COc1ccc2c(c1)SC(c1ccccc1OC)CCN2Cc1ccoc1. The molecular weight excluding hydrogens is 358 g/mol. The maximum absolute atomic E-state index is 5.62. The zero-order chi connectivity index (χ0) is 18.6. The van der Waals surface area contributed by atoms with Gasteiger partial charge in [-0.25, -0.2) is 0 Å². The van der Waals surface area contributed by atoms with E-state index < -0.39 is 0 Å². The van der Waals surface area contributed by atoms with Gasteiger partial charge in [-0.2, -0.15) is 0 Å². The van der Waals surface area contributed by atoms with Crippen molar-refractivity contribution < 1.29 is 13.9 Å². The van der Waals surface area contributed by atoms with E-state index in [2.05, 4.69) is 29.2 Å². The summed E-state index contributed by atoms with van der Waals surface area (Å²) in [6.45, 7) is 1.79. The molecule has 4 rings (SSSR count). The molecule has 27 heavy (non-hydrogen) atoms. The number of nitrogens with zero attached hydrogens (tertiary/aromatic N) is 1. The molecule has 0 fully saturated rings. The second kappa shape index (κ2) is 8.01. The van der Waals surface area contributed by atoms with Crippen LogP contribution in [0.15, 0.2) is 70.4 Å². The van der Waals surface area contributed by atoms with Gasteiger partial charge in [0, 0.05) is 34.4 Å². The summed E-state index contributed by atoms with van der Waals surface area (Å²) >= 11 is 1.88. The average molecular weight is 381 g/mol. The summed E-state index contributed by atoms with van der Waals surface area (Å²) in [5, 5.41) is 0.321.